The molecule has 1 unspecified atom stereocenters. The average molecular weight is 144 g/mol. The lowest BCUT2D eigenvalue weighted by molar-refractivity contribution is -0.157. The summed E-state index contributed by atoms with van der Waals surface area (Å²) in [6, 6.07) is 0. The maximum Gasteiger partial charge on any atom is 0.163 e. The second kappa shape index (κ2) is 2.21. The Morgan fingerprint density at radius 3 is 2.10 bits per heavy atom. The molecule has 0 amide bonds. The Balaban J connectivity index is 2.57. The fraction of sp³-hybridized carbons (Fsp3) is 1.00. The molecule has 1 aliphatic rings. The fourth-order valence-electron chi connectivity index (χ4n) is 1.15. The van der Waals surface area contributed by atoms with Crippen molar-refractivity contribution in [3.63, 3.8) is 0 Å². The second-order valence-corrected chi connectivity index (χ2v) is 3.59. The fourth-order valence-corrected chi connectivity index (χ4v) is 1.15. The SMILES string of the molecule is CCC1(C)COC(C)(C)O1. The lowest BCUT2D eigenvalue weighted by Crippen LogP contribution is -2.29. The van der Waals surface area contributed by atoms with Crippen LogP contribution in [0.3, 0.4) is 0 Å². The first-order chi connectivity index (χ1) is 4.47. The van der Waals surface area contributed by atoms with Crippen molar-refractivity contribution in [2.45, 2.75) is 45.5 Å². The molecule has 0 radical (unpaired) electrons. The van der Waals surface area contributed by atoms with Gasteiger partial charge in [0.05, 0.1) is 12.2 Å². The van der Waals surface area contributed by atoms with Gasteiger partial charge in [0.1, 0.15) is 0 Å². The third-order valence-corrected chi connectivity index (χ3v) is 1.97. The van der Waals surface area contributed by atoms with Gasteiger partial charge in [-0.2, -0.15) is 0 Å². The van der Waals surface area contributed by atoms with E-state index in [0.717, 1.165) is 13.0 Å². The van der Waals surface area contributed by atoms with Crippen LogP contribution in [0.15, 0.2) is 0 Å². The van der Waals surface area contributed by atoms with Crippen molar-refractivity contribution in [3.8, 4) is 0 Å². The van der Waals surface area contributed by atoms with Crippen LogP contribution in [0.1, 0.15) is 34.1 Å². The molecule has 60 valence electrons. The topological polar surface area (TPSA) is 18.5 Å². The molecule has 1 saturated heterocycles. The summed E-state index contributed by atoms with van der Waals surface area (Å²) in [5.41, 5.74) is -0.0521. The van der Waals surface area contributed by atoms with Crippen LogP contribution in [-0.4, -0.2) is 18.0 Å². The summed E-state index contributed by atoms with van der Waals surface area (Å²) in [6.07, 6.45) is 1.01. The van der Waals surface area contributed by atoms with E-state index < -0.39 is 0 Å². The highest BCUT2D eigenvalue weighted by molar-refractivity contribution is 4.81. The second-order valence-electron chi connectivity index (χ2n) is 3.59. The summed E-state index contributed by atoms with van der Waals surface area (Å²) in [6.45, 7) is 8.82. The Labute approximate surface area is 62.5 Å². The highest BCUT2D eigenvalue weighted by Crippen LogP contribution is 2.32. The molecule has 0 aromatic heterocycles. The maximum atomic E-state index is 5.66. The number of ether oxygens (including phenoxy) is 2. The van der Waals surface area contributed by atoms with E-state index in [0.29, 0.717) is 0 Å². The van der Waals surface area contributed by atoms with E-state index in [1.165, 1.54) is 0 Å². The quantitative estimate of drug-likeness (QED) is 0.560. The molecular weight excluding hydrogens is 128 g/mol. The van der Waals surface area contributed by atoms with Crippen molar-refractivity contribution in [1.29, 1.82) is 0 Å². The molecule has 1 aliphatic heterocycles. The molecule has 2 nitrogen and oxygen atoms in total. The van der Waals surface area contributed by atoms with Crippen LogP contribution in [-0.2, 0) is 9.47 Å². The van der Waals surface area contributed by atoms with Crippen LogP contribution in [0.2, 0.25) is 0 Å². The summed E-state index contributed by atoms with van der Waals surface area (Å²) in [4.78, 5) is 0. The van der Waals surface area contributed by atoms with E-state index in [4.69, 9.17) is 9.47 Å². The lowest BCUT2D eigenvalue weighted by atomic mass is 10.1. The highest BCUT2D eigenvalue weighted by Gasteiger charge is 2.40. The van der Waals surface area contributed by atoms with Crippen molar-refractivity contribution in [2.75, 3.05) is 6.61 Å². The molecule has 1 fully saturated rings. The minimum Gasteiger partial charge on any atom is -0.348 e. The Morgan fingerprint density at radius 2 is 1.90 bits per heavy atom. The van der Waals surface area contributed by atoms with Gasteiger partial charge in [-0.15, -0.1) is 0 Å². The zero-order valence-electron chi connectivity index (χ0n) is 7.23. The largest absolute Gasteiger partial charge is 0.348 e. The van der Waals surface area contributed by atoms with Gasteiger partial charge in [-0.1, -0.05) is 6.92 Å². The Morgan fingerprint density at radius 1 is 1.30 bits per heavy atom. The average Bonchev–Trinajstić information content (AvgIpc) is 2.08. The summed E-state index contributed by atoms with van der Waals surface area (Å²) in [7, 11) is 0. The Hall–Kier alpha value is -0.0800. The van der Waals surface area contributed by atoms with Crippen LogP contribution in [0.25, 0.3) is 0 Å². The first-order valence-corrected chi connectivity index (χ1v) is 3.82. The van der Waals surface area contributed by atoms with Gasteiger partial charge in [0.15, 0.2) is 5.79 Å². The molecule has 0 N–H and O–H groups in total. The summed E-state index contributed by atoms with van der Waals surface area (Å²) in [5.74, 6) is -0.370. The number of hydrogen-bond donors (Lipinski definition) is 0. The van der Waals surface area contributed by atoms with Gasteiger partial charge in [0.25, 0.3) is 0 Å². The van der Waals surface area contributed by atoms with Gasteiger partial charge >= 0.3 is 0 Å². The smallest absolute Gasteiger partial charge is 0.163 e. The van der Waals surface area contributed by atoms with Crippen LogP contribution in [0.5, 0.6) is 0 Å². The first kappa shape index (κ1) is 8.02. The standard InChI is InChI=1S/C8H16O2/c1-5-8(4)6-9-7(2,3)10-8/h5-6H2,1-4H3. The van der Waals surface area contributed by atoms with Gasteiger partial charge < -0.3 is 9.47 Å². The third kappa shape index (κ3) is 1.50. The molecule has 0 aromatic carbocycles. The zero-order valence-corrected chi connectivity index (χ0v) is 7.23. The Bertz CT molecular complexity index is 131. The molecule has 0 aliphatic carbocycles. The van der Waals surface area contributed by atoms with Crippen molar-refractivity contribution in [1.82, 2.24) is 0 Å². The van der Waals surface area contributed by atoms with Crippen molar-refractivity contribution in [2.24, 2.45) is 0 Å². The van der Waals surface area contributed by atoms with Crippen LogP contribution >= 0.6 is 0 Å². The minimum absolute atomic E-state index is 0.0521. The maximum absolute atomic E-state index is 5.66. The molecule has 0 aromatic rings. The summed E-state index contributed by atoms with van der Waals surface area (Å²) in [5, 5.41) is 0. The molecular formula is C8H16O2. The third-order valence-electron chi connectivity index (χ3n) is 1.97. The van der Waals surface area contributed by atoms with Crippen LogP contribution < -0.4 is 0 Å². The van der Waals surface area contributed by atoms with E-state index in [1.807, 2.05) is 13.8 Å². The molecule has 2 heteroatoms. The van der Waals surface area contributed by atoms with E-state index >= 15 is 0 Å². The molecule has 1 rings (SSSR count). The van der Waals surface area contributed by atoms with E-state index in [2.05, 4.69) is 13.8 Å². The zero-order chi connectivity index (χ0) is 7.83. The normalized spacial score (nSPS) is 38.4. The van der Waals surface area contributed by atoms with Crippen molar-refractivity contribution < 1.29 is 9.47 Å². The first-order valence-electron chi connectivity index (χ1n) is 3.82. The van der Waals surface area contributed by atoms with Crippen molar-refractivity contribution in [3.05, 3.63) is 0 Å². The molecule has 1 atom stereocenters. The van der Waals surface area contributed by atoms with Gasteiger partial charge in [-0.3, -0.25) is 0 Å². The van der Waals surface area contributed by atoms with Gasteiger partial charge in [-0.05, 0) is 27.2 Å². The number of hydrogen-bond acceptors (Lipinski definition) is 2. The molecule has 0 saturated carbocycles. The highest BCUT2D eigenvalue weighted by atomic mass is 16.7. The molecule has 1 heterocycles. The molecule has 0 bridgehead atoms. The monoisotopic (exact) mass is 144 g/mol. The van der Waals surface area contributed by atoms with Crippen molar-refractivity contribution >= 4 is 0 Å². The Kier molecular flexibility index (Phi) is 1.77. The van der Waals surface area contributed by atoms with Crippen LogP contribution in [0.4, 0.5) is 0 Å². The number of rotatable bonds is 1. The molecule has 0 spiro atoms. The summed E-state index contributed by atoms with van der Waals surface area (Å²) >= 11 is 0. The van der Waals surface area contributed by atoms with E-state index in [1.54, 1.807) is 0 Å². The van der Waals surface area contributed by atoms with Gasteiger partial charge in [0, 0.05) is 0 Å². The molecule has 10 heavy (non-hydrogen) atoms. The predicted molar refractivity (Wildman–Crippen MR) is 39.8 cm³/mol. The van der Waals surface area contributed by atoms with Gasteiger partial charge in [0.2, 0.25) is 0 Å². The lowest BCUT2D eigenvalue weighted by Gasteiger charge is -2.23. The van der Waals surface area contributed by atoms with Gasteiger partial charge in [-0.25, -0.2) is 0 Å². The minimum atomic E-state index is -0.370. The van der Waals surface area contributed by atoms with E-state index in [9.17, 15) is 0 Å². The summed E-state index contributed by atoms with van der Waals surface area (Å²) < 4.78 is 11.1. The predicted octanol–water partition coefficient (Wildman–Crippen LogP) is 1.94. The van der Waals surface area contributed by atoms with E-state index in [-0.39, 0.29) is 11.4 Å². The van der Waals surface area contributed by atoms with Crippen LogP contribution in [0, 0.1) is 0 Å².